The summed E-state index contributed by atoms with van der Waals surface area (Å²) in [5.41, 5.74) is 7.61. The molecule has 1 heterocycles. The van der Waals surface area contributed by atoms with E-state index >= 15 is 0 Å². The van der Waals surface area contributed by atoms with E-state index in [1.54, 1.807) is 6.20 Å². The van der Waals surface area contributed by atoms with Crippen molar-refractivity contribution in [3.05, 3.63) is 16.2 Å². The minimum Gasteiger partial charge on any atom is -0.395 e. The van der Waals surface area contributed by atoms with Gasteiger partial charge in [-0.15, -0.1) is 0 Å². The first-order valence-electron chi connectivity index (χ1n) is 6.19. The maximum Gasteiger partial charge on any atom is 0.149 e. The first-order chi connectivity index (χ1) is 8.02. The Balaban J connectivity index is 0. The predicted molar refractivity (Wildman–Crippen MR) is 82.5 cm³/mol. The molecule has 0 spiro atoms. The lowest BCUT2D eigenvalue weighted by molar-refractivity contribution is 0.889. The van der Waals surface area contributed by atoms with Crippen molar-refractivity contribution in [3.8, 4) is 0 Å². The van der Waals surface area contributed by atoms with Crippen LogP contribution in [0.15, 0.2) is 10.7 Å². The van der Waals surface area contributed by atoms with Gasteiger partial charge in [0.15, 0.2) is 0 Å². The summed E-state index contributed by atoms with van der Waals surface area (Å²) in [6.45, 7) is 14.1. The van der Waals surface area contributed by atoms with Crippen LogP contribution in [0.5, 0.6) is 0 Å². The molecule has 0 unspecified atom stereocenters. The van der Waals surface area contributed by atoms with E-state index in [1.807, 2.05) is 34.6 Å². The third-order valence-electron chi connectivity index (χ3n) is 1.75. The van der Waals surface area contributed by atoms with Crippen molar-refractivity contribution in [2.45, 2.75) is 54.5 Å². The van der Waals surface area contributed by atoms with Crippen LogP contribution in [0.1, 0.15) is 47.1 Å². The van der Waals surface area contributed by atoms with Crippen molar-refractivity contribution in [2.75, 3.05) is 11.1 Å². The molecule has 0 aliphatic heterocycles. The molecule has 0 aliphatic rings. The topological polar surface area (TPSA) is 50.9 Å². The number of nitrogens with two attached hydrogens (primary N) is 1. The summed E-state index contributed by atoms with van der Waals surface area (Å²) in [6, 6.07) is 0.343. The van der Waals surface area contributed by atoms with E-state index in [1.165, 1.54) is 0 Å². The van der Waals surface area contributed by atoms with Gasteiger partial charge in [-0.25, -0.2) is 4.98 Å². The van der Waals surface area contributed by atoms with Gasteiger partial charge in [-0.3, -0.25) is 0 Å². The molecule has 1 aromatic rings. The molecule has 3 N–H and O–H groups in total. The lowest BCUT2D eigenvalue weighted by Crippen LogP contribution is -2.13. The molecule has 0 bridgehead atoms. The van der Waals surface area contributed by atoms with Crippen LogP contribution in [0.4, 0.5) is 11.5 Å². The smallest absolute Gasteiger partial charge is 0.149 e. The van der Waals surface area contributed by atoms with Crippen molar-refractivity contribution in [1.29, 1.82) is 0 Å². The average molecular weight is 304 g/mol. The van der Waals surface area contributed by atoms with E-state index in [2.05, 4.69) is 40.1 Å². The second-order valence-corrected chi connectivity index (χ2v) is 4.15. The number of hydrogen-bond acceptors (Lipinski definition) is 3. The van der Waals surface area contributed by atoms with Gasteiger partial charge in [0, 0.05) is 16.7 Å². The van der Waals surface area contributed by atoms with E-state index in [-0.39, 0.29) is 0 Å². The van der Waals surface area contributed by atoms with Gasteiger partial charge in [0.2, 0.25) is 0 Å². The normalized spacial score (nSPS) is 8.76. The average Bonchev–Trinajstić information content (AvgIpc) is 2.35. The molecule has 0 atom stereocenters. The highest BCUT2D eigenvalue weighted by Crippen LogP contribution is 2.26. The Morgan fingerprint density at radius 1 is 1.24 bits per heavy atom. The molecule has 0 saturated heterocycles. The van der Waals surface area contributed by atoms with Crippen LogP contribution >= 0.6 is 15.9 Å². The number of nitrogens with zero attached hydrogens (tertiary/aromatic N) is 1. The van der Waals surface area contributed by atoms with E-state index in [4.69, 9.17) is 5.73 Å². The van der Waals surface area contributed by atoms with E-state index in [0.717, 1.165) is 15.9 Å². The Labute approximate surface area is 114 Å². The Hall–Kier alpha value is -0.770. The van der Waals surface area contributed by atoms with Crippen molar-refractivity contribution in [3.63, 3.8) is 0 Å². The molecular weight excluding hydrogens is 278 g/mol. The second kappa shape index (κ2) is 10.4. The summed E-state index contributed by atoms with van der Waals surface area (Å²) in [7, 11) is 0. The third-order valence-corrected chi connectivity index (χ3v) is 2.55. The van der Waals surface area contributed by atoms with Gasteiger partial charge in [-0.1, -0.05) is 27.7 Å². The zero-order valence-electron chi connectivity index (χ0n) is 12.1. The summed E-state index contributed by atoms with van der Waals surface area (Å²) in [5.74, 6) is 0.760. The van der Waals surface area contributed by atoms with Crippen molar-refractivity contribution < 1.29 is 0 Å². The molecule has 0 aromatic carbocycles. The molecular formula is C13H26BrN3. The molecule has 0 fully saturated rings. The summed E-state index contributed by atoms with van der Waals surface area (Å²) < 4.78 is 0.944. The van der Waals surface area contributed by atoms with Crippen molar-refractivity contribution in [2.24, 2.45) is 0 Å². The van der Waals surface area contributed by atoms with Gasteiger partial charge in [-0.2, -0.15) is 0 Å². The van der Waals surface area contributed by atoms with Crippen LogP contribution in [-0.2, 0) is 0 Å². The first kappa shape index (κ1) is 18.6. The number of halogens is 1. The van der Waals surface area contributed by atoms with Gasteiger partial charge < -0.3 is 11.1 Å². The van der Waals surface area contributed by atoms with Gasteiger partial charge in [0.05, 0.1) is 5.69 Å². The Kier molecular flexibility index (Phi) is 11.4. The molecule has 1 aromatic heterocycles. The minimum absolute atomic E-state index is 0.343. The third kappa shape index (κ3) is 6.51. The van der Waals surface area contributed by atoms with Crippen LogP contribution in [0.3, 0.4) is 0 Å². The zero-order chi connectivity index (χ0) is 14.0. The van der Waals surface area contributed by atoms with Crippen LogP contribution in [0, 0.1) is 6.92 Å². The maximum absolute atomic E-state index is 5.88. The number of aromatic nitrogens is 1. The largest absolute Gasteiger partial charge is 0.395 e. The lowest BCUT2D eigenvalue weighted by atomic mass is 10.2. The maximum atomic E-state index is 5.88. The fraction of sp³-hybridized carbons (Fsp3) is 0.615. The van der Waals surface area contributed by atoms with Crippen molar-refractivity contribution >= 4 is 27.4 Å². The van der Waals surface area contributed by atoms with Gasteiger partial charge in [0.1, 0.15) is 5.82 Å². The number of anilines is 2. The Morgan fingerprint density at radius 2 is 1.71 bits per heavy atom. The minimum atomic E-state index is 0.343. The van der Waals surface area contributed by atoms with Crippen LogP contribution in [0.25, 0.3) is 0 Å². The molecule has 0 radical (unpaired) electrons. The molecule has 3 nitrogen and oxygen atoms in total. The molecule has 0 saturated carbocycles. The standard InChI is InChI=1S/C9H14BrN3.2C2H6/c1-5(2)13-9-8(11)6(3)7(10)4-12-9;2*1-2/h4-5H,11H2,1-3H3,(H,12,13);2*1-2H3. The van der Waals surface area contributed by atoms with Crippen molar-refractivity contribution in [1.82, 2.24) is 4.98 Å². The SMILES string of the molecule is CC.CC.Cc1c(Br)cnc(NC(C)C)c1N. The van der Waals surface area contributed by atoms with Gasteiger partial charge >= 0.3 is 0 Å². The number of hydrogen-bond donors (Lipinski definition) is 2. The van der Waals surface area contributed by atoms with Crippen LogP contribution in [-0.4, -0.2) is 11.0 Å². The fourth-order valence-electron chi connectivity index (χ4n) is 0.982. The molecule has 17 heavy (non-hydrogen) atoms. The van der Waals surface area contributed by atoms with E-state index < -0.39 is 0 Å². The summed E-state index contributed by atoms with van der Waals surface area (Å²) in [6.07, 6.45) is 1.76. The second-order valence-electron chi connectivity index (χ2n) is 3.29. The summed E-state index contributed by atoms with van der Waals surface area (Å²) >= 11 is 3.38. The monoisotopic (exact) mass is 303 g/mol. The molecule has 0 amide bonds. The van der Waals surface area contributed by atoms with E-state index in [0.29, 0.717) is 11.7 Å². The van der Waals surface area contributed by atoms with E-state index in [9.17, 15) is 0 Å². The molecule has 100 valence electrons. The quantitative estimate of drug-likeness (QED) is 0.839. The molecule has 4 heteroatoms. The highest BCUT2D eigenvalue weighted by molar-refractivity contribution is 9.10. The Morgan fingerprint density at radius 3 is 2.12 bits per heavy atom. The van der Waals surface area contributed by atoms with Crippen LogP contribution in [0.2, 0.25) is 0 Å². The number of pyridine rings is 1. The van der Waals surface area contributed by atoms with Gasteiger partial charge in [0.25, 0.3) is 0 Å². The molecule has 0 aliphatic carbocycles. The lowest BCUT2D eigenvalue weighted by Gasteiger charge is -2.13. The highest BCUT2D eigenvalue weighted by atomic mass is 79.9. The summed E-state index contributed by atoms with van der Waals surface area (Å²) in [5, 5.41) is 3.18. The van der Waals surface area contributed by atoms with Crippen LogP contribution < -0.4 is 11.1 Å². The highest BCUT2D eigenvalue weighted by Gasteiger charge is 2.07. The zero-order valence-corrected chi connectivity index (χ0v) is 13.6. The number of nitrogens with one attached hydrogen (secondary N) is 1. The Bertz CT molecular complexity index is 312. The fourth-order valence-corrected chi connectivity index (χ4v) is 1.30. The molecule has 1 rings (SSSR count). The first-order valence-corrected chi connectivity index (χ1v) is 6.98. The van der Waals surface area contributed by atoms with Gasteiger partial charge in [-0.05, 0) is 42.3 Å². The number of nitrogen functional groups attached to an aromatic ring is 1. The number of rotatable bonds is 2. The summed E-state index contributed by atoms with van der Waals surface area (Å²) in [4.78, 5) is 4.20. The predicted octanol–water partition coefficient (Wildman–Crippen LogP) is 4.61.